The summed E-state index contributed by atoms with van der Waals surface area (Å²) >= 11 is 0. The third-order valence-corrected chi connectivity index (χ3v) is 2.29. The lowest BCUT2D eigenvalue weighted by Crippen LogP contribution is -1.97. The lowest BCUT2D eigenvalue weighted by atomic mass is 10.3. The Bertz CT molecular complexity index is 671. The van der Waals surface area contributed by atoms with E-state index in [0.717, 1.165) is 12.1 Å². The number of hydrogen-bond donors (Lipinski definition) is 1. The Morgan fingerprint density at radius 1 is 1.00 bits per heavy atom. The van der Waals surface area contributed by atoms with Gasteiger partial charge in [-0.2, -0.15) is 4.98 Å². The fourth-order valence-corrected chi connectivity index (χ4v) is 1.43. The van der Waals surface area contributed by atoms with E-state index in [1.54, 1.807) is 0 Å². The van der Waals surface area contributed by atoms with Gasteiger partial charge in [-0.05, 0) is 12.1 Å². The molecule has 2 N–H and O–H groups in total. The molecule has 0 unspecified atom stereocenters. The van der Waals surface area contributed by atoms with Crippen molar-refractivity contribution in [3.63, 3.8) is 0 Å². The first-order valence-electron chi connectivity index (χ1n) is 5.30. The third-order valence-electron chi connectivity index (χ3n) is 2.29. The molecule has 1 aromatic carbocycles. The van der Waals surface area contributed by atoms with Gasteiger partial charge in [0.25, 0.3) is 11.4 Å². The zero-order valence-corrected chi connectivity index (χ0v) is 9.92. The maximum Gasteiger partial charge on any atom is 0.278 e. The summed E-state index contributed by atoms with van der Waals surface area (Å²) in [5, 5.41) is 21.2. The smallest absolute Gasteiger partial charge is 0.278 e. The van der Waals surface area contributed by atoms with Crippen LogP contribution >= 0.6 is 0 Å². The first kappa shape index (κ1) is 13.2. The van der Waals surface area contributed by atoms with E-state index in [1.165, 1.54) is 24.3 Å². The summed E-state index contributed by atoms with van der Waals surface area (Å²) in [7, 11) is 0. The Kier molecular flexibility index (Phi) is 3.42. The van der Waals surface area contributed by atoms with Gasteiger partial charge < -0.3 is 10.5 Å². The number of nitrogens with two attached hydrogens (primary N) is 1. The van der Waals surface area contributed by atoms with E-state index in [-0.39, 0.29) is 28.8 Å². The molecule has 0 aliphatic heterocycles. The Hall–Kier alpha value is -3.23. The molecule has 9 heteroatoms. The first-order chi connectivity index (χ1) is 9.45. The Balaban J connectivity index is 2.25. The van der Waals surface area contributed by atoms with Gasteiger partial charge in [-0.15, -0.1) is 0 Å². The lowest BCUT2D eigenvalue weighted by molar-refractivity contribution is -0.385. The van der Waals surface area contributed by atoms with Gasteiger partial charge in [0, 0.05) is 12.1 Å². The van der Waals surface area contributed by atoms with E-state index in [9.17, 15) is 20.2 Å². The van der Waals surface area contributed by atoms with Gasteiger partial charge in [-0.1, -0.05) is 0 Å². The van der Waals surface area contributed by atoms with E-state index in [2.05, 4.69) is 4.98 Å². The van der Waals surface area contributed by atoms with Gasteiger partial charge in [0.15, 0.2) is 0 Å². The topological polar surface area (TPSA) is 134 Å². The van der Waals surface area contributed by atoms with Crippen LogP contribution < -0.4 is 10.5 Å². The van der Waals surface area contributed by atoms with Gasteiger partial charge in [-0.3, -0.25) is 20.2 Å². The molecule has 9 nitrogen and oxygen atoms in total. The van der Waals surface area contributed by atoms with Crippen LogP contribution in [0.1, 0.15) is 0 Å². The molecule has 2 aromatic rings. The predicted molar refractivity (Wildman–Crippen MR) is 68.5 cm³/mol. The van der Waals surface area contributed by atoms with Crippen molar-refractivity contribution in [1.82, 2.24) is 4.98 Å². The molecule has 0 saturated carbocycles. The fourth-order valence-electron chi connectivity index (χ4n) is 1.43. The van der Waals surface area contributed by atoms with Crippen molar-refractivity contribution in [2.45, 2.75) is 0 Å². The summed E-state index contributed by atoms with van der Waals surface area (Å²) < 4.78 is 5.27. The molecule has 0 amide bonds. The number of pyridine rings is 1. The molecule has 0 atom stereocenters. The predicted octanol–water partition coefficient (Wildman–Crippen LogP) is 2.27. The fraction of sp³-hybridized carbons (Fsp3) is 0. The third kappa shape index (κ3) is 2.96. The molecule has 1 aromatic heterocycles. The van der Waals surface area contributed by atoms with E-state index in [4.69, 9.17) is 10.5 Å². The molecular formula is C11H8N4O5. The van der Waals surface area contributed by atoms with Crippen LogP contribution in [-0.4, -0.2) is 14.8 Å². The standard InChI is InChI=1S/C11H8N4O5/c12-10-5-8(15(18)19)6-11(13-10)20-9-3-1-7(2-4-9)14(16)17/h1-6H,(H2,12,13). The quantitative estimate of drug-likeness (QED) is 0.668. The monoisotopic (exact) mass is 276 g/mol. The molecule has 20 heavy (non-hydrogen) atoms. The highest BCUT2D eigenvalue weighted by Gasteiger charge is 2.12. The van der Waals surface area contributed by atoms with E-state index < -0.39 is 9.85 Å². The molecule has 102 valence electrons. The number of ether oxygens (including phenoxy) is 1. The number of rotatable bonds is 4. The first-order valence-corrected chi connectivity index (χ1v) is 5.30. The van der Waals surface area contributed by atoms with Crippen molar-refractivity contribution in [3.05, 3.63) is 56.6 Å². The number of nitrogens with zero attached hydrogens (tertiary/aromatic N) is 3. The molecule has 0 fully saturated rings. The van der Waals surface area contributed by atoms with Crippen molar-refractivity contribution in [2.24, 2.45) is 0 Å². The molecule has 1 heterocycles. The SMILES string of the molecule is Nc1cc([N+](=O)[O-])cc(Oc2ccc([N+](=O)[O-])cc2)n1. The summed E-state index contributed by atoms with van der Waals surface area (Å²) in [6.07, 6.45) is 0. The zero-order valence-electron chi connectivity index (χ0n) is 9.92. The summed E-state index contributed by atoms with van der Waals surface area (Å²) in [6.45, 7) is 0. The van der Waals surface area contributed by atoms with Crippen LogP contribution in [0, 0.1) is 20.2 Å². The van der Waals surface area contributed by atoms with Crippen LogP contribution in [0.25, 0.3) is 0 Å². The van der Waals surface area contributed by atoms with Gasteiger partial charge in [-0.25, -0.2) is 0 Å². The number of nitro groups is 2. The Morgan fingerprint density at radius 3 is 2.15 bits per heavy atom. The molecule has 0 saturated heterocycles. The van der Waals surface area contributed by atoms with Crippen LogP contribution in [0.15, 0.2) is 36.4 Å². The van der Waals surface area contributed by atoms with Crippen LogP contribution in [0.5, 0.6) is 11.6 Å². The van der Waals surface area contributed by atoms with Crippen LogP contribution in [0.2, 0.25) is 0 Å². The van der Waals surface area contributed by atoms with Crippen molar-refractivity contribution in [3.8, 4) is 11.6 Å². The van der Waals surface area contributed by atoms with Crippen molar-refractivity contribution < 1.29 is 14.6 Å². The highest BCUT2D eigenvalue weighted by Crippen LogP contribution is 2.26. The highest BCUT2D eigenvalue weighted by molar-refractivity contribution is 5.46. The van der Waals surface area contributed by atoms with E-state index in [1.807, 2.05) is 0 Å². The number of nitro benzene ring substituents is 1. The van der Waals surface area contributed by atoms with Crippen molar-refractivity contribution in [2.75, 3.05) is 5.73 Å². The molecule has 2 rings (SSSR count). The van der Waals surface area contributed by atoms with Crippen molar-refractivity contribution >= 4 is 17.2 Å². The molecule has 0 spiro atoms. The number of aromatic nitrogens is 1. The van der Waals surface area contributed by atoms with E-state index in [0.29, 0.717) is 0 Å². The second-order valence-corrected chi connectivity index (χ2v) is 3.70. The summed E-state index contributed by atoms with van der Waals surface area (Å²) in [5.41, 5.74) is 5.08. The molecule has 0 aliphatic rings. The minimum Gasteiger partial charge on any atom is -0.439 e. The Labute approximate surface area is 111 Å². The maximum absolute atomic E-state index is 10.7. The number of nitrogen functional groups attached to an aromatic ring is 1. The number of hydrogen-bond acceptors (Lipinski definition) is 7. The zero-order chi connectivity index (χ0) is 14.7. The van der Waals surface area contributed by atoms with Crippen LogP contribution in [-0.2, 0) is 0 Å². The van der Waals surface area contributed by atoms with Crippen molar-refractivity contribution in [1.29, 1.82) is 0 Å². The number of anilines is 1. The number of non-ortho nitro benzene ring substituents is 1. The van der Waals surface area contributed by atoms with Gasteiger partial charge in [0.2, 0.25) is 5.88 Å². The molecule has 0 bridgehead atoms. The molecular weight excluding hydrogens is 268 g/mol. The maximum atomic E-state index is 10.7. The average Bonchev–Trinajstić information content (AvgIpc) is 2.38. The summed E-state index contributed by atoms with van der Waals surface area (Å²) in [6, 6.07) is 7.41. The normalized spacial score (nSPS) is 10.0. The molecule has 0 radical (unpaired) electrons. The average molecular weight is 276 g/mol. The number of benzene rings is 1. The van der Waals surface area contributed by atoms with Gasteiger partial charge >= 0.3 is 0 Å². The van der Waals surface area contributed by atoms with Crippen LogP contribution in [0.3, 0.4) is 0 Å². The second kappa shape index (κ2) is 5.18. The van der Waals surface area contributed by atoms with Gasteiger partial charge in [0.1, 0.15) is 11.6 Å². The van der Waals surface area contributed by atoms with Gasteiger partial charge in [0.05, 0.1) is 22.0 Å². The minimum atomic E-state index is -0.624. The second-order valence-electron chi connectivity index (χ2n) is 3.70. The highest BCUT2D eigenvalue weighted by atomic mass is 16.6. The molecule has 0 aliphatic carbocycles. The summed E-state index contributed by atoms with van der Waals surface area (Å²) in [4.78, 5) is 23.8. The lowest BCUT2D eigenvalue weighted by Gasteiger charge is -2.05. The van der Waals surface area contributed by atoms with Crippen LogP contribution in [0.4, 0.5) is 17.2 Å². The van der Waals surface area contributed by atoms with E-state index >= 15 is 0 Å². The largest absolute Gasteiger partial charge is 0.439 e. The Morgan fingerprint density at radius 2 is 1.60 bits per heavy atom. The minimum absolute atomic E-state index is 0.0592. The summed E-state index contributed by atoms with van der Waals surface area (Å²) in [5.74, 6) is 0.129.